The summed E-state index contributed by atoms with van der Waals surface area (Å²) in [5.41, 5.74) is 0. The van der Waals surface area contributed by atoms with E-state index in [9.17, 15) is 0 Å². The first-order valence-electron chi connectivity index (χ1n) is 5.87. The van der Waals surface area contributed by atoms with Crippen molar-refractivity contribution in [2.45, 2.75) is 20.4 Å². The zero-order chi connectivity index (χ0) is 11.8. The molecule has 0 bridgehead atoms. The molecule has 0 atom stereocenters. The maximum atomic E-state index is 4.20. The fraction of sp³-hybridized carbons (Fsp3) is 0.727. The summed E-state index contributed by atoms with van der Waals surface area (Å²) in [6.07, 6.45) is 3.81. The third-order valence-electron chi connectivity index (χ3n) is 2.62. The van der Waals surface area contributed by atoms with Crippen molar-refractivity contribution in [2.75, 3.05) is 32.7 Å². The normalized spacial score (nSPS) is 11.2. The third-order valence-corrected chi connectivity index (χ3v) is 3.03. The molecular weight excluding hydrogens is 268 g/mol. The fourth-order valence-corrected chi connectivity index (χ4v) is 1.88. The van der Waals surface area contributed by atoms with Crippen molar-refractivity contribution in [1.82, 2.24) is 20.0 Å². The molecular formula is C11H21BrN4. The average molecular weight is 289 g/mol. The van der Waals surface area contributed by atoms with Crippen molar-refractivity contribution in [2.24, 2.45) is 0 Å². The summed E-state index contributed by atoms with van der Waals surface area (Å²) in [5.74, 6) is 0. The Morgan fingerprint density at radius 2 is 2.12 bits per heavy atom. The Hall–Kier alpha value is -0.390. The Balaban J connectivity index is 2.04. The van der Waals surface area contributed by atoms with Crippen LogP contribution in [0.15, 0.2) is 16.9 Å². The fourth-order valence-electron chi connectivity index (χ4n) is 1.56. The lowest BCUT2D eigenvalue weighted by molar-refractivity contribution is 0.301. The molecule has 0 amide bonds. The topological polar surface area (TPSA) is 33.1 Å². The molecule has 0 saturated heterocycles. The molecule has 0 unspecified atom stereocenters. The molecule has 0 aliphatic carbocycles. The van der Waals surface area contributed by atoms with Gasteiger partial charge in [0.1, 0.15) is 0 Å². The summed E-state index contributed by atoms with van der Waals surface area (Å²) >= 11 is 3.38. The van der Waals surface area contributed by atoms with Crippen molar-refractivity contribution in [3.05, 3.63) is 16.9 Å². The molecule has 1 N–H and O–H groups in total. The van der Waals surface area contributed by atoms with Gasteiger partial charge < -0.3 is 10.2 Å². The Bertz CT molecular complexity index is 283. The molecule has 1 aromatic heterocycles. The van der Waals surface area contributed by atoms with E-state index in [0.717, 1.165) is 43.7 Å². The molecule has 5 heteroatoms. The summed E-state index contributed by atoms with van der Waals surface area (Å²) < 4.78 is 2.98. The van der Waals surface area contributed by atoms with Gasteiger partial charge in [-0.25, -0.2) is 0 Å². The Labute approximate surface area is 106 Å². The van der Waals surface area contributed by atoms with Gasteiger partial charge in [0.05, 0.1) is 17.2 Å². The molecule has 0 aliphatic rings. The van der Waals surface area contributed by atoms with Crippen LogP contribution in [0.5, 0.6) is 0 Å². The van der Waals surface area contributed by atoms with Crippen molar-refractivity contribution in [3.8, 4) is 0 Å². The number of rotatable bonds is 8. The molecule has 1 aromatic rings. The van der Waals surface area contributed by atoms with Gasteiger partial charge in [0.2, 0.25) is 0 Å². The molecule has 92 valence electrons. The number of aromatic nitrogens is 2. The minimum absolute atomic E-state index is 0.920. The van der Waals surface area contributed by atoms with Crippen LogP contribution in [0.3, 0.4) is 0 Å². The van der Waals surface area contributed by atoms with Crippen LogP contribution >= 0.6 is 15.9 Å². The number of nitrogens with zero attached hydrogens (tertiary/aromatic N) is 3. The zero-order valence-corrected chi connectivity index (χ0v) is 11.7. The second kappa shape index (κ2) is 7.81. The molecule has 16 heavy (non-hydrogen) atoms. The predicted octanol–water partition coefficient (Wildman–Crippen LogP) is 1.58. The lowest BCUT2D eigenvalue weighted by Gasteiger charge is -2.17. The van der Waals surface area contributed by atoms with Gasteiger partial charge in [0.15, 0.2) is 0 Å². The maximum absolute atomic E-state index is 4.20. The highest BCUT2D eigenvalue weighted by molar-refractivity contribution is 9.10. The molecule has 0 aliphatic heterocycles. The molecule has 1 heterocycles. The molecule has 1 rings (SSSR count). The number of likely N-dealkylation sites (N-methyl/N-ethyl adjacent to an activating group) is 1. The van der Waals surface area contributed by atoms with Gasteiger partial charge in [0.25, 0.3) is 0 Å². The number of hydrogen-bond donors (Lipinski definition) is 1. The van der Waals surface area contributed by atoms with E-state index in [2.05, 4.69) is 45.1 Å². The number of nitrogens with one attached hydrogen (secondary N) is 1. The minimum Gasteiger partial charge on any atom is -0.314 e. The summed E-state index contributed by atoms with van der Waals surface area (Å²) in [4.78, 5) is 2.41. The first-order valence-corrected chi connectivity index (χ1v) is 6.66. The van der Waals surface area contributed by atoms with E-state index in [1.165, 1.54) is 0 Å². The lowest BCUT2D eigenvalue weighted by Crippen LogP contribution is -2.33. The first kappa shape index (κ1) is 13.7. The summed E-state index contributed by atoms with van der Waals surface area (Å²) in [6.45, 7) is 10.7. The minimum atomic E-state index is 0.920. The standard InChI is InChI=1S/C11H21BrN4/c1-3-15(4-2)7-5-13-6-8-16-10-11(12)9-14-16/h9-10,13H,3-8H2,1-2H3. The summed E-state index contributed by atoms with van der Waals surface area (Å²) in [7, 11) is 0. The van der Waals surface area contributed by atoms with Gasteiger partial charge in [-0.1, -0.05) is 13.8 Å². The second-order valence-electron chi connectivity index (χ2n) is 3.70. The number of hydrogen-bond acceptors (Lipinski definition) is 3. The molecule has 0 fully saturated rings. The Kier molecular flexibility index (Phi) is 6.68. The lowest BCUT2D eigenvalue weighted by atomic mass is 10.4. The maximum Gasteiger partial charge on any atom is 0.0632 e. The highest BCUT2D eigenvalue weighted by atomic mass is 79.9. The highest BCUT2D eigenvalue weighted by Crippen LogP contribution is 2.05. The zero-order valence-electron chi connectivity index (χ0n) is 10.1. The van der Waals surface area contributed by atoms with Crippen LogP contribution in [0.4, 0.5) is 0 Å². The van der Waals surface area contributed by atoms with E-state index in [1.54, 1.807) is 0 Å². The van der Waals surface area contributed by atoms with Crippen LogP contribution in [0.25, 0.3) is 0 Å². The van der Waals surface area contributed by atoms with Crippen molar-refractivity contribution in [1.29, 1.82) is 0 Å². The van der Waals surface area contributed by atoms with E-state index >= 15 is 0 Å². The molecule has 4 nitrogen and oxygen atoms in total. The average Bonchev–Trinajstić information content (AvgIpc) is 2.70. The van der Waals surface area contributed by atoms with Gasteiger partial charge in [0, 0.05) is 25.8 Å². The monoisotopic (exact) mass is 288 g/mol. The summed E-state index contributed by atoms with van der Waals surface area (Å²) in [5, 5.41) is 7.62. The smallest absolute Gasteiger partial charge is 0.0632 e. The van der Waals surface area contributed by atoms with Crippen molar-refractivity contribution < 1.29 is 0 Å². The van der Waals surface area contributed by atoms with Crippen LogP contribution in [-0.4, -0.2) is 47.4 Å². The van der Waals surface area contributed by atoms with Crippen molar-refractivity contribution >= 4 is 15.9 Å². The summed E-state index contributed by atoms with van der Waals surface area (Å²) in [6, 6.07) is 0. The molecule has 0 saturated carbocycles. The highest BCUT2D eigenvalue weighted by Gasteiger charge is 1.98. The largest absolute Gasteiger partial charge is 0.314 e. The number of halogens is 1. The molecule has 0 radical (unpaired) electrons. The Morgan fingerprint density at radius 1 is 1.38 bits per heavy atom. The molecule has 0 spiro atoms. The van der Waals surface area contributed by atoms with Gasteiger partial charge in [-0.15, -0.1) is 0 Å². The Morgan fingerprint density at radius 3 is 2.69 bits per heavy atom. The second-order valence-corrected chi connectivity index (χ2v) is 4.61. The molecule has 0 aromatic carbocycles. The van der Waals surface area contributed by atoms with Crippen molar-refractivity contribution in [3.63, 3.8) is 0 Å². The van der Waals surface area contributed by atoms with Crippen LogP contribution in [0, 0.1) is 0 Å². The first-order chi connectivity index (χ1) is 7.76. The van der Waals surface area contributed by atoms with Gasteiger partial charge in [-0.2, -0.15) is 5.10 Å². The quantitative estimate of drug-likeness (QED) is 0.738. The van der Waals surface area contributed by atoms with Crippen LogP contribution in [0.1, 0.15) is 13.8 Å². The van der Waals surface area contributed by atoms with Gasteiger partial charge in [-0.05, 0) is 29.0 Å². The van der Waals surface area contributed by atoms with Gasteiger partial charge in [-0.3, -0.25) is 4.68 Å². The predicted molar refractivity (Wildman–Crippen MR) is 70.6 cm³/mol. The van der Waals surface area contributed by atoms with E-state index in [4.69, 9.17) is 0 Å². The SMILES string of the molecule is CCN(CC)CCNCCn1cc(Br)cn1. The van der Waals surface area contributed by atoms with Gasteiger partial charge >= 0.3 is 0 Å². The van der Waals surface area contributed by atoms with E-state index in [-0.39, 0.29) is 0 Å². The van der Waals surface area contributed by atoms with Crippen LogP contribution < -0.4 is 5.32 Å². The van der Waals surface area contributed by atoms with E-state index in [1.807, 2.05) is 17.1 Å². The van der Waals surface area contributed by atoms with E-state index in [0.29, 0.717) is 0 Å². The third kappa shape index (κ3) is 5.09. The van der Waals surface area contributed by atoms with Crippen LogP contribution in [-0.2, 0) is 6.54 Å². The van der Waals surface area contributed by atoms with Crippen LogP contribution in [0.2, 0.25) is 0 Å². The van der Waals surface area contributed by atoms with E-state index < -0.39 is 0 Å².